The van der Waals surface area contributed by atoms with Crippen LogP contribution in [0.4, 0.5) is 0 Å². The van der Waals surface area contributed by atoms with Gasteiger partial charge in [0.2, 0.25) is 5.91 Å². The van der Waals surface area contributed by atoms with Crippen LogP contribution in [0.15, 0.2) is 4.79 Å². The molecule has 1 fully saturated rings. The van der Waals surface area contributed by atoms with Crippen molar-refractivity contribution < 1.29 is 4.79 Å². The van der Waals surface area contributed by atoms with Gasteiger partial charge in [-0.25, -0.2) is 4.98 Å². The molecule has 1 amide bonds. The summed E-state index contributed by atoms with van der Waals surface area (Å²) in [5.74, 6) is 0.587. The van der Waals surface area contributed by atoms with E-state index in [4.69, 9.17) is 12.2 Å². The number of hydrogen-bond donors (Lipinski definition) is 4. The van der Waals surface area contributed by atoms with Crippen molar-refractivity contribution in [3.05, 3.63) is 26.6 Å². The van der Waals surface area contributed by atoms with Gasteiger partial charge in [-0.15, -0.1) is 11.3 Å². The fourth-order valence-corrected chi connectivity index (χ4v) is 4.69. The molecule has 1 aliphatic rings. The summed E-state index contributed by atoms with van der Waals surface area (Å²) in [5, 5.41) is 4.27. The Morgan fingerprint density at radius 2 is 2.04 bits per heavy atom. The minimum atomic E-state index is -0.316. The van der Waals surface area contributed by atoms with Gasteiger partial charge in [0.1, 0.15) is 10.7 Å². The van der Waals surface area contributed by atoms with E-state index in [9.17, 15) is 9.59 Å². The standard InChI is InChI=1S/C18H25N5O2S2/c1-9-6-4-5-7-12(9)19-18(26)23-22-14(24)8-13-20-16(25)15-10(2)11(3)27-17(15)21-13/h9,12H,4-8H2,1-3H3,(H,22,24)(H2,19,23,26)(H,20,21,25)/t9-,12+/m1/s1. The van der Waals surface area contributed by atoms with E-state index in [1.807, 2.05) is 13.8 Å². The first-order valence-electron chi connectivity index (χ1n) is 9.19. The number of aromatic amines is 1. The van der Waals surface area contributed by atoms with Gasteiger partial charge >= 0.3 is 0 Å². The third kappa shape index (κ3) is 4.65. The molecule has 7 nitrogen and oxygen atoms in total. The summed E-state index contributed by atoms with van der Waals surface area (Å²) in [4.78, 5) is 33.3. The Kier molecular flexibility index (Phi) is 6.11. The molecule has 0 aliphatic heterocycles. The van der Waals surface area contributed by atoms with E-state index in [2.05, 4.69) is 33.1 Å². The van der Waals surface area contributed by atoms with Crippen LogP contribution in [0.25, 0.3) is 10.2 Å². The van der Waals surface area contributed by atoms with Gasteiger partial charge in [-0.1, -0.05) is 19.8 Å². The number of nitrogens with one attached hydrogen (secondary N) is 4. The number of aromatic nitrogens is 2. The fourth-order valence-electron chi connectivity index (χ4n) is 3.44. The van der Waals surface area contributed by atoms with E-state index >= 15 is 0 Å². The lowest BCUT2D eigenvalue weighted by Gasteiger charge is -2.30. The largest absolute Gasteiger partial charge is 0.358 e. The number of carbonyl (C=O) groups excluding carboxylic acids is 1. The van der Waals surface area contributed by atoms with Gasteiger partial charge in [-0.05, 0) is 50.4 Å². The minimum absolute atomic E-state index is 0.0311. The molecule has 0 aromatic carbocycles. The molecule has 146 valence electrons. The number of H-pyrrole nitrogens is 1. The molecule has 0 spiro atoms. The van der Waals surface area contributed by atoms with Crippen LogP contribution in [0.5, 0.6) is 0 Å². The third-order valence-corrected chi connectivity index (χ3v) is 6.48. The molecule has 2 heterocycles. The van der Waals surface area contributed by atoms with Crippen LogP contribution in [-0.4, -0.2) is 27.0 Å². The number of amides is 1. The molecule has 2 atom stereocenters. The quantitative estimate of drug-likeness (QED) is 0.460. The van der Waals surface area contributed by atoms with E-state index in [0.29, 0.717) is 33.1 Å². The highest BCUT2D eigenvalue weighted by Gasteiger charge is 2.21. The van der Waals surface area contributed by atoms with E-state index in [-0.39, 0.29) is 17.9 Å². The second-order valence-corrected chi connectivity index (χ2v) is 8.78. The first kappa shape index (κ1) is 19.8. The molecule has 0 unspecified atom stereocenters. The summed E-state index contributed by atoms with van der Waals surface area (Å²) < 4.78 is 0. The minimum Gasteiger partial charge on any atom is -0.358 e. The van der Waals surface area contributed by atoms with Gasteiger partial charge in [-0.2, -0.15) is 0 Å². The smallest absolute Gasteiger partial charge is 0.259 e. The van der Waals surface area contributed by atoms with Crippen molar-refractivity contribution in [1.29, 1.82) is 0 Å². The molecule has 1 saturated carbocycles. The van der Waals surface area contributed by atoms with Crippen molar-refractivity contribution in [1.82, 2.24) is 26.1 Å². The summed E-state index contributed by atoms with van der Waals surface area (Å²) >= 11 is 6.73. The molecule has 9 heteroatoms. The van der Waals surface area contributed by atoms with Crippen LogP contribution in [-0.2, 0) is 11.2 Å². The number of fused-ring (bicyclic) bond motifs is 1. The average Bonchev–Trinajstić information content (AvgIpc) is 2.89. The lowest BCUT2D eigenvalue weighted by molar-refractivity contribution is -0.121. The summed E-state index contributed by atoms with van der Waals surface area (Å²) in [6.45, 7) is 6.07. The molecule has 2 aromatic heterocycles. The molecule has 0 saturated heterocycles. The predicted octanol–water partition coefficient (Wildman–Crippen LogP) is 2.22. The maximum atomic E-state index is 12.3. The topological polar surface area (TPSA) is 98.9 Å². The summed E-state index contributed by atoms with van der Waals surface area (Å²) in [7, 11) is 0. The Hall–Kier alpha value is -2.00. The SMILES string of the molecule is Cc1sc2nc(CC(=O)NNC(=S)N[C@H]3CCCC[C@H]3C)[nH]c(=O)c2c1C. The van der Waals surface area contributed by atoms with E-state index < -0.39 is 0 Å². The lowest BCUT2D eigenvalue weighted by atomic mass is 9.86. The van der Waals surface area contributed by atoms with Crippen molar-refractivity contribution in [2.24, 2.45) is 5.92 Å². The van der Waals surface area contributed by atoms with Crippen LogP contribution < -0.4 is 21.7 Å². The molecule has 0 bridgehead atoms. The van der Waals surface area contributed by atoms with Crippen molar-refractivity contribution in [3.8, 4) is 0 Å². The zero-order valence-electron chi connectivity index (χ0n) is 15.8. The molecule has 2 aromatic rings. The second-order valence-electron chi connectivity index (χ2n) is 7.17. The number of aryl methyl sites for hydroxylation is 2. The molecular formula is C18H25N5O2S2. The number of rotatable bonds is 3. The number of carbonyl (C=O) groups is 1. The Morgan fingerprint density at radius 3 is 2.78 bits per heavy atom. The van der Waals surface area contributed by atoms with Gasteiger partial charge in [0.05, 0.1) is 11.8 Å². The van der Waals surface area contributed by atoms with Gasteiger partial charge < -0.3 is 10.3 Å². The van der Waals surface area contributed by atoms with Crippen molar-refractivity contribution in [2.75, 3.05) is 0 Å². The van der Waals surface area contributed by atoms with Crippen molar-refractivity contribution >= 4 is 44.8 Å². The highest BCUT2D eigenvalue weighted by Crippen LogP contribution is 2.25. The summed E-state index contributed by atoms with van der Waals surface area (Å²) in [6, 6.07) is 0.335. The number of hydrogen-bond acceptors (Lipinski definition) is 5. The van der Waals surface area contributed by atoms with E-state index in [1.165, 1.54) is 30.6 Å². The molecule has 4 N–H and O–H groups in total. The van der Waals surface area contributed by atoms with Crippen LogP contribution in [0.1, 0.15) is 48.9 Å². The molecule has 1 aliphatic carbocycles. The molecule has 27 heavy (non-hydrogen) atoms. The summed E-state index contributed by atoms with van der Waals surface area (Å²) in [6.07, 6.45) is 4.70. The highest BCUT2D eigenvalue weighted by atomic mass is 32.1. The summed E-state index contributed by atoms with van der Waals surface area (Å²) in [5.41, 5.74) is 6.04. The highest BCUT2D eigenvalue weighted by molar-refractivity contribution is 7.80. The Morgan fingerprint density at radius 1 is 1.30 bits per heavy atom. The maximum Gasteiger partial charge on any atom is 0.259 e. The number of thiocarbonyl (C=S) groups is 1. The van der Waals surface area contributed by atoms with Gasteiger partial charge in [-0.3, -0.25) is 20.4 Å². The van der Waals surface area contributed by atoms with Gasteiger partial charge in [0.15, 0.2) is 5.11 Å². The van der Waals surface area contributed by atoms with Gasteiger partial charge in [0.25, 0.3) is 5.56 Å². The van der Waals surface area contributed by atoms with E-state index in [0.717, 1.165) is 16.9 Å². The molecule has 0 radical (unpaired) electrons. The Bertz CT molecular complexity index is 920. The average molecular weight is 408 g/mol. The van der Waals surface area contributed by atoms with Crippen molar-refractivity contribution in [2.45, 2.75) is 58.9 Å². The monoisotopic (exact) mass is 407 g/mol. The number of thiophene rings is 1. The number of hydrazine groups is 1. The van der Waals surface area contributed by atoms with Crippen LogP contribution in [0.2, 0.25) is 0 Å². The second kappa shape index (κ2) is 8.35. The number of nitrogens with zero attached hydrogens (tertiary/aromatic N) is 1. The van der Waals surface area contributed by atoms with Gasteiger partial charge in [0, 0.05) is 10.9 Å². The molecular weight excluding hydrogens is 382 g/mol. The zero-order chi connectivity index (χ0) is 19.6. The lowest BCUT2D eigenvalue weighted by Crippen LogP contribution is -2.52. The maximum absolute atomic E-state index is 12.3. The Balaban J connectivity index is 1.55. The zero-order valence-corrected chi connectivity index (χ0v) is 17.4. The van der Waals surface area contributed by atoms with E-state index in [1.54, 1.807) is 0 Å². The fraction of sp³-hybridized carbons (Fsp3) is 0.556. The van der Waals surface area contributed by atoms with Crippen LogP contribution >= 0.6 is 23.6 Å². The van der Waals surface area contributed by atoms with Crippen molar-refractivity contribution in [3.63, 3.8) is 0 Å². The first-order valence-corrected chi connectivity index (χ1v) is 10.4. The predicted molar refractivity (Wildman–Crippen MR) is 112 cm³/mol. The first-order chi connectivity index (χ1) is 12.8. The van der Waals surface area contributed by atoms with Crippen LogP contribution in [0, 0.1) is 19.8 Å². The Labute approximate surface area is 167 Å². The third-order valence-electron chi connectivity index (χ3n) is 5.16. The normalized spacial score (nSPS) is 19.7. The van der Waals surface area contributed by atoms with Crippen LogP contribution in [0.3, 0.4) is 0 Å². The molecule has 3 rings (SSSR count).